The molecular weight excluding hydrogens is 266 g/mol. The fourth-order valence-electron chi connectivity index (χ4n) is 2.96. The van der Waals surface area contributed by atoms with Crippen LogP contribution in [0.1, 0.15) is 46.5 Å². The van der Waals surface area contributed by atoms with Crippen LogP contribution in [0, 0.1) is 17.8 Å². The van der Waals surface area contributed by atoms with E-state index >= 15 is 0 Å². The van der Waals surface area contributed by atoms with Gasteiger partial charge in [0.2, 0.25) is 11.8 Å². The van der Waals surface area contributed by atoms with Gasteiger partial charge in [0.05, 0.1) is 5.92 Å². The van der Waals surface area contributed by atoms with E-state index in [4.69, 9.17) is 5.73 Å². The second-order valence-electron chi connectivity index (χ2n) is 6.38. The number of nitrogens with zero attached hydrogens (tertiary/aromatic N) is 1. The first-order valence-corrected chi connectivity index (χ1v) is 8.25. The second-order valence-corrected chi connectivity index (χ2v) is 6.38. The Morgan fingerprint density at radius 3 is 2.67 bits per heavy atom. The lowest BCUT2D eigenvalue weighted by molar-refractivity contribution is -0.136. The number of carbonyl (C=O) groups is 2. The molecular formula is C16H31N3O2. The summed E-state index contributed by atoms with van der Waals surface area (Å²) >= 11 is 0. The lowest BCUT2D eigenvalue weighted by Gasteiger charge is -2.33. The maximum atomic E-state index is 12.4. The van der Waals surface area contributed by atoms with Crippen molar-refractivity contribution in [2.24, 2.45) is 23.5 Å². The van der Waals surface area contributed by atoms with Gasteiger partial charge in [-0.25, -0.2) is 0 Å². The van der Waals surface area contributed by atoms with Gasteiger partial charge < -0.3 is 16.0 Å². The van der Waals surface area contributed by atoms with Crippen molar-refractivity contribution < 1.29 is 9.59 Å². The standard InChI is InChI=1S/C16H31N3O2/c1-4-13(12(2)3)10-15(20)19-9-5-6-14(11-19)16(21)18-8-7-17/h12-14H,4-11,17H2,1-3H3,(H,18,21). The average Bonchev–Trinajstić information content (AvgIpc) is 2.49. The van der Waals surface area contributed by atoms with E-state index in [1.165, 1.54) is 0 Å². The summed E-state index contributed by atoms with van der Waals surface area (Å²) in [5, 5.41) is 2.83. The number of rotatable bonds is 7. The molecule has 1 heterocycles. The number of amides is 2. The van der Waals surface area contributed by atoms with Crippen molar-refractivity contribution in [3.8, 4) is 0 Å². The Labute approximate surface area is 128 Å². The minimum atomic E-state index is -0.0756. The fraction of sp³-hybridized carbons (Fsp3) is 0.875. The summed E-state index contributed by atoms with van der Waals surface area (Å²) in [5.74, 6) is 1.12. The summed E-state index contributed by atoms with van der Waals surface area (Å²) in [4.78, 5) is 26.3. The number of nitrogens with two attached hydrogens (primary N) is 1. The molecule has 0 spiro atoms. The van der Waals surface area contributed by atoms with Crippen molar-refractivity contribution in [1.29, 1.82) is 0 Å². The highest BCUT2D eigenvalue weighted by Crippen LogP contribution is 2.23. The Bertz CT molecular complexity index is 344. The average molecular weight is 297 g/mol. The van der Waals surface area contributed by atoms with Crippen LogP contribution in [0.5, 0.6) is 0 Å². The summed E-state index contributed by atoms with van der Waals surface area (Å²) in [5.41, 5.74) is 5.40. The maximum absolute atomic E-state index is 12.4. The minimum absolute atomic E-state index is 0.0360. The Morgan fingerprint density at radius 2 is 2.10 bits per heavy atom. The van der Waals surface area contributed by atoms with Crippen LogP contribution >= 0.6 is 0 Å². The van der Waals surface area contributed by atoms with E-state index in [-0.39, 0.29) is 17.7 Å². The van der Waals surface area contributed by atoms with Gasteiger partial charge >= 0.3 is 0 Å². The molecule has 1 aliphatic rings. The third-order valence-electron chi connectivity index (χ3n) is 4.49. The number of carbonyl (C=O) groups excluding carboxylic acids is 2. The molecule has 2 amide bonds. The van der Waals surface area contributed by atoms with Crippen molar-refractivity contribution >= 4 is 11.8 Å². The van der Waals surface area contributed by atoms with Gasteiger partial charge in [0.25, 0.3) is 0 Å². The molecule has 0 aromatic rings. The SMILES string of the molecule is CCC(CC(=O)N1CCCC(C(=O)NCCN)C1)C(C)C. The van der Waals surface area contributed by atoms with Crippen molar-refractivity contribution in [3.63, 3.8) is 0 Å². The van der Waals surface area contributed by atoms with Crippen LogP contribution in [0.2, 0.25) is 0 Å². The Hall–Kier alpha value is -1.10. The predicted molar refractivity (Wildman–Crippen MR) is 84.6 cm³/mol. The van der Waals surface area contributed by atoms with E-state index in [1.54, 1.807) is 0 Å². The molecule has 0 aromatic heterocycles. The van der Waals surface area contributed by atoms with Crippen LogP contribution in [-0.4, -0.2) is 42.9 Å². The first-order chi connectivity index (χ1) is 9.99. The smallest absolute Gasteiger partial charge is 0.224 e. The molecule has 122 valence electrons. The molecule has 1 rings (SSSR count). The summed E-state index contributed by atoms with van der Waals surface area (Å²) in [6, 6.07) is 0. The van der Waals surface area contributed by atoms with Gasteiger partial charge in [0.1, 0.15) is 0 Å². The molecule has 21 heavy (non-hydrogen) atoms. The zero-order valence-corrected chi connectivity index (χ0v) is 13.7. The van der Waals surface area contributed by atoms with Crippen molar-refractivity contribution in [1.82, 2.24) is 10.2 Å². The molecule has 0 aliphatic carbocycles. The zero-order chi connectivity index (χ0) is 15.8. The lowest BCUT2D eigenvalue weighted by atomic mass is 9.89. The maximum Gasteiger partial charge on any atom is 0.224 e. The molecule has 1 saturated heterocycles. The van der Waals surface area contributed by atoms with E-state index in [0.29, 0.717) is 37.9 Å². The van der Waals surface area contributed by atoms with Crippen LogP contribution in [0.25, 0.3) is 0 Å². The predicted octanol–water partition coefficient (Wildman–Crippen LogP) is 1.37. The lowest BCUT2D eigenvalue weighted by Crippen LogP contribution is -2.46. The molecule has 0 radical (unpaired) electrons. The topological polar surface area (TPSA) is 75.4 Å². The molecule has 3 N–H and O–H groups in total. The van der Waals surface area contributed by atoms with Gasteiger partial charge in [-0.2, -0.15) is 0 Å². The first kappa shape index (κ1) is 18.0. The van der Waals surface area contributed by atoms with Gasteiger partial charge in [0, 0.05) is 32.6 Å². The summed E-state index contributed by atoms with van der Waals surface area (Å²) in [6.07, 6.45) is 3.40. The highest BCUT2D eigenvalue weighted by atomic mass is 16.2. The van der Waals surface area contributed by atoms with Crippen LogP contribution in [0.4, 0.5) is 0 Å². The van der Waals surface area contributed by atoms with E-state index in [1.807, 2.05) is 4.90 Å². The Morgan fingerprint density at radius 1 is 1.38 bits per heavy atom. The van der Waals surface area contributed by atoms with Crippen LogP contribution < -0.4 is 11.1 Å². The zero-order valence-electron chi connectivity index (χ0n) is 13.7. The monoisotopic (exact) mass is 297 g/mol. The molecule has 1 fully saturated rings. The second kappa shape index (κ2) is 9.03. The van der Waals surface area contributed by atoms with Crippen molar-refractivity contribution in [2.75, 3.05) is 26.2 Å². The van der Waals surface area contributed by atoms with Crippen LogP contribution in [-0.2, 0) is 9.59 Å². The molecule has 0 bridgehead atoms. The summed E-state index contributed by atoms with van der Waals surface area (Å²) in [6.45, 7) is 8.78. The number of hydrogen-bond donors (Lipinski definition) is 2. The number of likely N-dealkylation sites (tertiary alicyclic amines) is 1. The molecule has 5 heteroatoms. The third kappa shape index (κ3) is 5.65. The molecule has 1 aliphatic heterocycles. The fourth-order valence-corrected chi connectivity index (χ4v) is 2.96. The third-order valence-corrected chi connectivity index (χ3v) is 4.49. The quantitative estimate of drug-likeness (QED) is 0.745. The number of piperidine rings is 1. The minimum Gasteiger partial charge on any atom is -0.355 e. The van der Waals surface area contributed by atoms with E-state index in [2.05, 4.69) is 26.1 Å². The Kier molecular flexibility index (Phi) is 7.72. The highest BCUT2D eigenvalue weighted by Gasteiger charge is 2.29. The molecule has 0 saturated carbocycles. The van der Waals surface area contributed by atoms with E-state index in [0.717, 1.165) is 25.8 Å². The molecule has 5 nitrogen and oxygen atoms in total. The molecule has 0 aromatic carbocycles. The highest BCUT2D eigenvalue weighted by molar-refractivity contribution is 5.81. The van der Waals surface area contributed by atoms with Gasteiger partial charge in [-0.15, -0.1) is 0 Å². The summed E-state index contributed by atoms with van der Waals surface area (Å²) in [7, 11) is 0. The van der Waals surface area contributed by atoms with Gasteiger partial charge in [-0.05, 0) is 24.7 Å². The molecule has 2 unspecified atom stereocenters. The summed E-state index contributed by atoms with van der Waals surface area (Å²) < 4.78 is 0. The van der Waals surface area contributed by atoms with Crippen molar-refractivity contribution in [3.05, 3.63) is 0 Å². The molecule has 2 atom stereocenters. The Balaban J connectivity index is 2.51. The largest absolute Gasteiger partial charge is 0.355 e. The first-order valence-electron chi connectivity index (χ1n) is 8.25. The van der Waals surface area contributed by atoms with Crippen LogP contribution in [0.15, 0.2) is 0 Å². The van der Waals surface area contributed by atoms with Gasteiger partial charge in [0.15, 0.2) is 0 Å². The van der Waals surface area contributed by atoms with Crippen LogP contribution in [0.3, 0.4) is 0 Å². The number of nitrogens with one attached hydrogen (secondary N) is 1. The normalized spacial score (nSPS) is 20.4. The van der Waals surface area contributed by atoms with Gasteiger partial charge in [-0.1, -0.05) is 27.2 Å². The van der Waals surface area contributed by atoms with Crippen molar-refractivity contribution in [2.45, 2.75) is 46.5 Å². The van der Waals surface area contributed by atoms with E-state index in [9.17, 15) is 9.59 Å². The van der Waals surface area contributed by atoms with E-state index < -0.39 is 0 Å². The van der Waals surface area contributed by atoms with Gasteiger partial charge in [-0.3, -0.25) is 9.59 Å². The number of hydrogen-bond acceptors (Lipinski definition) is 3.